The van der Waals surface area contributed by atoms with E-state index in [0.29, 0.717) is 19.6 Å². The first kappa shape index (κ1) is 16.9. The van der Waals surface area contributed by atoms with Crippen LogP contribution in [-0.2, 0) is 19.9 Å². The molecule has 0 radical (unpaired) electrons. The minimum Gasteiger partial charge on any atom is -0.312 e. The Kier molecular flexibility index (Phi) is 4.79. The maximum absolute atomic E-state index is 12.6. The molecule has 1 N–H and O–H groups in total. The number of halogens is 1. The van der Waals surface area contributed by atoms with E-state index in [1.54, 1.807) is 0 Å². The van der Waals surface area contributed by atoms with E-state index in [1.807, 2.05) is 6.92 Å². The van der Waals surface area contributed by atoms with Gasteiger partial charge in [0.05, 0.1) is 9.79 Å². The van der Waals surface area contributed by atoms with E-state index in [-0.39, 0.29) is 20.3 Å². The van der Waals surface area contributed by atoms with Crippen LogP contribution >= 0.6 is 15.9 Å². The molecule has 1 aromatic carbocycles. The van der Waals surface area contributed by atoms with Crippen molar-refractivity contribution in [2.24, 2.45) is 0 Å². The molecule has 21 heavy (non-hydrogen) atoms. The number of hydrogen-bond donors (Lipinski definition) is 1. The summed E-state index contributed by atoms with van der Waals surface area (Å²) in [4.78, 5) is 0.172. The molecule has 1 aliphatic heterocycles. The molecule has 1 aromatic rings. The molecule has 0 saturated carbocycles. The maximum atomic E-state index is 12.6. The Balaban J connectivity index is 2.41. The Morgan fingerprint density at radius 1 is 1.29 bits per heavy atom. The van der Waals surface area contributed by atoms with Crippen molar-refractivity contribution in [1.29, 1.82) is 0 Å². The predicted octanol–water partition coefficient (Wildman–Crippen LogP) is 0.835. The predicted molar refractivity (Wildman–Crippen MR) is 83.5 cm³/mol. The smallest absolute Gasteiger partial charge is 0.244 e. The quantitative estimate of drug-likeness (QED) is 0.817. The zero-order valence-electron chi connectivity index (χ0n) is 11.7. The van der Waals surface area contributed by atoms with Crippen molar-refractivity contribution in [3.05, 3.63) is 22.7 Å². The number of sulfone groups is 1. The van der Waals surface area contributed by atoms with Gasteiger partial charge in [-0.05, 0) is 41.1 Å². The number of nitrogens with one attached hydrogen (secondary N) is 1. The van der Waals surface area contributed by atoms with Gasteiger partial charge in [-0.15, -0.1) is 0 Å². The lowest BCUT2D eigenvalue weighted by atomic mass is 10.3. The molecule has 0 aliphatic carbocycles. The summed E-state index contributed by atoms with van der Waals surface area (Å²) in [6, 6.07) is 4.07. The molecule has 1 atom stereocenters. The summed E-state index contributed by atoms with van der Waals surface area (Å²) in [5.41, 5.74) is 0. The molecule has 2 rings (SSSR count). The van der Waals surface area contributed by atoms with Crippen LogP contribution in [0.4, 0.5) is 0 Å². The SMILES string of the molecule is C[C@H]1CN(S(=O)(=O)c2ccc(S(C)(=O)=O)cc2Br)CCN1. The van der Waals surface area contributed by atoms with Crippen LogP contribution in [0.5, 0.6) is 0 Å². The summed E-state index contributed by atoms with van der Waals surface area (Å²) >= 11 is 3.17. The molecule has 0 amide bonds. The van der Waals surface area contributed by atoms with Crippen molar-refractivity contribution in [1.82, 2.24) is 9.62 Å². The molecule has 1 fully saturated rings. The van der Waals surface area contributed by atoms with Gasteiger partial charge in [0.25, 0.3) is 0 Å². The summed E-state index contributed by atoms with van der Waals surface area (Å²) in [6.07, 6.45) is 1.08. The lowest BCUT2D eigenvalue weighted by Crippen LogP contribution is -2.51. The van der Waals surface area contributed by atoms with Crippen molar-refractivity contribution in [3.8, 4) is 0 Å². The summed E-state index contributed by atoms with van der Waals surface area (Å²) in [5.74, 6) is 0. The third-order valence-electron chi connectivity index (χ3n) is 3.28. The number of sulfonamides is 1. The molecular formula is C12H17BrN2O4S2. The fourth-order valence-electron chi connectivity index (χ4n) is 2.18. The maximum Gasteiger partial charge on any atom is 0.244 e. The van der Waals surface area contributed by atoms with E-state index < -0.39 is 19.9 Å². The molecular weight excluding hydrogens is 380 g/mol. The average Bonchev–Trinajstić information content (AvgIpc) is 2.37. The number of rotatable bonds is 3. The second kappa shape index (κ2) is 5.96. The molecule has 0 spiro atoms. The minimum absolute atomic E-state index is 0.0852. The third kappa shape index (κ3) is 3.65. The Morgan fingerprint density at radius 3 is 2.48 bits per heavy atom. The zero-order valence-corrected chi connectivity index (χ0v) is 14.9. The minimum atomic E-state index is -3.64. The zero-order chi connectivity index (χ0) is 15.8. The molecule has 118 valence electrons. The second-order valence-electron chi connectivity index (χ2n) is 5.08. The van der Waals surface area contributed by atoms with Crippen LogP contribution in [0.2, 0.25) is 0 Å². The fraction of sp³-hybridized carbons (Fsp3) is 0.500. The second-order valence-corrected chi connectivity index (χ2v) is 9.86. The summed E-state index contributed by atoms with van der Waals surface area (Å²) in [5, 5.41) is 3.18. The number of hydrogen-bond acceptors (Lipinski definition) is 5. The summed E-state index contributed by atoms with van der Waals surface area (Å²) in [6.45, 7) is 3.30. The Hall–Kier alpha value is -0.480. The molecule has 0 unspecified atom stereocenters. The van der Waals surface area contributed by atoms with Gasteiger partial charge in [-0.3, -0.25) is 0 Å². The highest BCUT2D eigenvalue weighted by molar-refractivity contribution is 9.10. The van der Waals surface area contributed by atoms with E-state index in [0.717, 1.165) is 6.26 Å². The third-order valence-corrected chi connectivity index (χ3v) is 7.23. The molecule has 1 saturated heterocycles. The fourth-order valence-corrected chi connectivity index (χ4v) is 5.54. The van der Waals surface area contributed by atoms with Crippen LogP contribution in [0.15, 0.2) is 32.5 Å². The van der Waals surface area contributed by atoms with Gasteiger partial charge in [0, 0.05) is 36.4 Å². The van der Waals surface area contributed by atoms with Crippen LogP contribution in [0.25, 0.3) is 0 Å². The summed E-state index contributed by atoms with van der Waals surface area (Å²) < 4.78 is 49.9. The van der Waals surface area contributed by atoms with Crippen molar-refractivity contribution >= 4 is 35.8 Å². The molecule has 6 nitrogen and oxygen atoms in total. The molecule has 0 aromatic heterocycles. The molecule has 1 aliphatic rings. The van der Waals surface area contributed by atoms with Crippen LogP contribution in [0.1, 0.15) is 6.92 Å². The van der Waals surface area contributed by atoms with Gasteiger partial charge in [-0.1, -0.05) is 0 Å². The lowest BCUT2D eigenvalue weighted by Gasteiger charge is -2.31. The highest BCUT2D eigenvalue weighted by atomic mass is 79.9. The number of nitrogens with zero attached hydrogens (tertiary/aromatic N) is 1. The Morgan fingerprint density at radius 2 is 1.95 bits per heavy atom. The first-order chi connectivity index (χ1) is 9.62. The Labute approximate surface area is 133 Å². The van der Waals surface area contributed by atoms with Crippen molar-refractivity contribution in [2.45, 2.75) is 22.8 Å². The van der Waals surface area contributed by atoms with Gasteiger partial charge < -0.3 is 5.32 Å². The van der Waals surface area contributed by atoms with Gasteiger partial charge in [0.2, 0.25) is 10.0 Å². The van der Waals surface area contributed by atoms with E-state index in [1.165, 1.54) is 22.5 Å². The van der Waals surface area contributed by atoms with Crippen LogP contribution < -0.4 is 5.32 Å². The van der Waals surface area contributed by atoms with Gasteiger partial charge in [0.15, 0.2) is 9.84 Å². The lowest BCUT2D eigenvalue weighted by molar-refractivity contribution is 0.310. The highest BCUT2D eigenvalue weighted by Crippen LogP contribution is 2.28. The van der Waals surface area contributed by atoms with E-state index in [2.05, 4.69) is 21.2 Å². The van der Waals surface area contributed by atoms with E-state index in [9.17, 15) is 16.8 Å². The average molecular weight is 397 g/mol. The van der Waals surface area contributed by atoms with Crippen LogP contribution in [0, 0.1) is 0 Å². The van der Waals surface area contributed by atoms with E-state index >= 15 is 0 Å². The van der Waals surface area contributed by atoms with Crippen molar-refractivity contribution in [3.63, 3.8) is 0 Å². The summed E-state index contributed by atoms with van der Waals surface area (Å²) in [7, 11) is -7.01. The van der Waals surface area contributed by atoms with Gasteiger partial charge >= 0.3 is 0 Å². The molecule has 0 bridgehead atoms. The molecule has 1 heterocycles. The number of piperazine rings is 1. The monoisotopic (exact) mass is 396 g/mol. The van der Waals surface area contributed by atoms with Crippen molar-refractivity contribution in [2.75, 3.05) is 25.9 Å². The van der Waals surface area contributed by atoms with E-state index in [4.69, 9.17) is 0 Å². The van der Waals surface area contributed by atoms with Crippen LogP contribution in [-0.4, -0.2) is 53.1 Å². The standard InChI is InChI=1S/C12H17BrN2O4S2/c1-9-8-15(6-5-14-9)21(18,19)12-4-3-10(7-11(12)13)20(2,16)17/h3-4,7,9,14H,5-6,8H2,1-2H3/t9-/m0/s1. The van der Waals surface area contributed by atoms with Crippen molar-refractivity contribution < 1.29 is 16.8 Å². The van der Waals surface area contributed by atoms with Gasteiger partial charge in [-0.2, -0.15) is 4.31 Å². The highest BCUT2D eigenvalue weighted by Gasteiger charge is 2.30. The molecule has 9 heteroatoms. The largest absolute Gasteiger partial charge is 0.312 e. The topological polar surface area (TPSA) is 83.6 Å². The normalized spacial score (nSPS) is 21.4. The van der Waals surface area contributed by atoms with Gasteiger partial charge in [0.1, 0.15) is 0 Å². The first-order valence-corrected chi connectivity index (χ1v) is 10.5. The number of benzene rings is 1. The van der Waals surface area contributed by atoms with Crippen LogP contribution in [0.3, 0.4) is 0 Å². The first-order valence-electron chi connectivity index (χ1n) is 6.35. The Bertz CT molecular complexity index is 747. The van der Waals surface area contributed by atoms with Gasteiger partial charge in [-0.25, -0.2) is 16.8 Å².